The van der Waals surface area contributed by atoms with Crippen molar-refractivity contribution in [3.8, 4) is 11.4 Å². The monoisotopic (exact) mass is 418 g/mol. The summed E-state index contributed by atoms with van der Waals surface area (Å²) in [7, 11) is 0. The van der Waals surface area contributed by atoms with Crippen LogP contribution in [0, 0.1) is 0 Å². The van der Waals surface area contributed by atoms with Crippen LogP contribution >= 0.6 is 11.3 Å². The van der Waals surface area contributed by atoms with Crippen LogP contribution in [0.5, 0.6) is 0 Å². The van der Waals surface area contributed by atoms with Gasteiger partial charge < -0.3 is 20.3 Å². The molecule has 5 rings (SSSR count). The third-order valence-corrected chi connectivity index (χ3v) is 5.18. The molecule has 3 N–H and O–H groups in total. The number of hydrogen-bond acceptors (Lipinski definition) is 8. The molecule has 4 aromatic heterocycles. The van der Waals surface area contributed by atoms with Crippen molar-refractivity contribution < 1.29 is 5.11 Å². The fraction of sp³-hybridized carbons (Fsp3) is 0.100. The lowest BCUT2D eigenvalue weighted by atomic mass is 10.3. The fourth-order valence-electron chi connectivity index (χ4n) is 3.09. The van der Waals surface area contributed by atoms with Gasteiger partial charge in [0.15, 0.2) is 17.0 Å². The first-order valence-corrected chi connectivity index (χ1v) is 10.2. The Labute approximate surface area is 175 Å². The molecular weight excluding hydrogens is 400 g/mol. The predicted molar refractivity (Wildman–Crippen MR) is 117 cm³/mol. The smallest absolute Gasteiger partial charge is 0.231 e. The minimum atomic E-state index is -0.00475. The molecule has 0 bridgehead atoms. The summed E-state index contributed by atoms with van der Waals surface area (Å²) in [5.74, 6) is 1.01. The highest BCUT2D eigenvalue weighted by atomic mass is 32.1. The molecule has 0 aliphatic carbocycles. The number of imidazole rings is 2. The van der Waals surface area contributed by atoms with E-state index in [4.69, 9.17) is 4.98 Å². The van der Waals surface area contributed by atoms with Crippen molar-refractivity contribution in [2.24, 2.45) is 0 Å². The van der Waals surface area contributed by atoms with Gasteiger partial charge in [0.05, 0.1) is 18.6 Å². The number of fused-ring (bicyclic) bond motifs is 1. The number of aliphatic hydroxyl groups is 1. The molecule has 150 valence electrons. The zero-order chi connectivity index (χ0) is 20.3. The summed E-state index contributed by atoms with van der Waals surface area (Å²) < 4.78 is 3.85. The predicted octanol–water partition coefficient (Wildman–Crippen LogP) is 3.21. The van der Waals surface area contributed by atoms with E-state index in [0.29, 0.717) is 29.5 Å². The highest BCUT2D eigenvalue weighted by Crippen LogP contribution is 2.26. The average molecular weight is 418 g/mol. The number of nitrogens with one attached hydrogen (secondary N) is 2. The standard InChI is InChI=1S/C20H18N8OS/c29-9-7-22-18-17-19(28(13-23-17)16-5-10-30-11-16)26-20(25-18)24-14-1-3-15(4-2-14)27-8-6-21-12-27/h1-6,8,10-13,29H,7,9H2,(H2,22,24,25,26). The molecule has 0 amide bonds. The van der Waals surface area contributed by atoms with Crippen molar-refractivity contribution in [1.82, 2.24) is 29.1 Å². The van der Waals surface area contributed by atoms with Crippen LogP contribution in [0.25, 0.3) is 22.5 Å². The highest BCUT2D eigenvalue weighted by molar-refractivity contribution is 7.08. The summed E-state index contributed by atoms with van der Waals surface area (Å²) >= 11 is 1.61. The van der Waals surface area contributed by atoms with Crippen LogP contribution in [-0.2, 0) is 0 Å². The van der Waals surface area contributed by atoms with Gasteiger partial charge in [-0.25, -0.2) is 9.97 Å². The Morgan fingerprint density at radius 2 is 1.93 bits per heavy atom. The molecule has 10 heteroatoms. The number of nitrogens with zero attached hydrogens (tertiary/aromatic N) is 6. The van der Waals surface area contributed by atoms with Crippen molar-refractivity contribution in [3.05, 3.63) is 66.1 Å². The second kappa shape index (κ2) is 7.93. The van der Waals surface area contributed by atoms with Crippen LogP contribution in [0.3, 0.4) is 0 Å². The zero-order valence-electron chi connectivity index (χ0n) is 15.8. The largest absolute Gasteiger partial charge is 0.395 e. The Hall–Kier alpha value is -3.76. The van der Waals surface area contributed by atoms with Gasteiger partial charge in [0.1, 0.15) is 6.33 Å². The Bertz CT molecular complexity index is 1250. The maximum atomic E-state index is 9.21. The van der Waals surface area contributed by atoms with Crippen molar-refractivity contribution in [1.29, 1.82) is 0 Å². The van der Waals surface area contributed by atoms with Crippen molar-refractivity contribution in [2.45, 2.75) is 0 Å². The topological polar surface area (TPSA) is 106 Å². The van der Waals surface area contributed by atoms with E-state index >= 15 is 0 Å². The average Bonchev–Trinajstić information content (AvgIpc) is 3.54. The van der Waals surface area contributed by atoms with E-state index in [0.717, 1.165) is 17.1 Å². The third kappa shape index (κ3) is 3.49. The summed E-state index contributed by atoms with van der Waals surface area (Å²) in [6.45, 7) is 0.367. The number of anilines is 3. The van der Waals surface area contributed by atoms with Crippen molar-refractivity contribution in [2.75, 3.05) is 23.8 Å². The Morgan fingerprint density at radius 1 is 1.03 bits per heavy atom. The van der Waals surface area contributed by atoms with E-state index in [9.17, 15) is 5.11 Å². The lowest BCUT2D eigenvalue weighted by molar-refractivity contribution is 0.311. The van der Waals surface area contributed by atoms with Gasteiger partial charge >= 0.3 is 0 Å². The van der Waals surface area contributed by atoms with E-state index in [1.165, 1.54) is 0 Å². The van der Waals surface area contributed by atoms with Gasteiger partial charge in [-0.2, -0.15) is 21.3 Å². The molecule has 0 fully saturated rings. The van der Waals surface area contributed by atoms with E-state index in [1.54, 1.807) is 30.2 Å². The highest BCUT2D eigenvalue weighted by Gasteiger charge is 2.14. The lowest BCUT2D eigenvalue weighted by Crippen LogP contribution is -2.10. The van der Waals surface area contributed by atoms with Crippen LogP contribution in [0.4, 0.5) is 17.5 Å². The Kier molecular flexibility index (Phi) is 4.83. The molecular formula is C20H18N8OS. The molecule has 0 atom stereocenters. The number of aliphatic hydroxyl groups excluding tert-OH is 1. The third-order valence-electron chi connectivity index (χ3n) is 4.51. The number of benzene rings is 1. The van der Waals surface area contributed by atoms with Gasteiger partial charge in [-0.1, -0.05) is 0 Å². The number of thiophene rings is 1. The van der Waals surface area contributed by atoms with E-state index in [1.807, 2.05) is 56.4 Å². The van der Waals surface area contributed by atoms with Crippen LogP contribution < -0.4 is 10.6 Å². The Balaban J connectivity index is 1.50. The van der Waals surface area contributed by atoms with Crippen LogP contribution in [-0.4, -0.2) is 47.3 Å². The first kappa shape index (κ1) is 18.3. The van der Waals surface area contributed by atoms with Gasteiger partial charge in [-0.3, -0.25) is 4.57 Å². The quantitative estimate of drug-likeness (QED) is 0.373. The SMILES string of the molecule is OCCNc1nc(Nc2ccc(-n3ccnc3)cc2)nc2c1ncn2-c1ccsc1. The molecule has 0 aliphatic heterocycles. The molecule has 0 spiro atoms. The minimum Gasteiger partial charge on any atom is -0.395 e. The van der Waals surface area contributed by atoms with Crippen molar-refractivity contribution >= 4 is 40.0 Å². The molecule has 0 radical (unpaired) electrons. The van der Waals surface area contributed by atoms with Crippen molar-refractivity contribution in [3.63, 3.8) is 0 Å². The summed E-state index contributed by atoms with van der Waals surface area (Å²) in [4.78, 5) is 17.8. The maximum absolute atomic E-state index is 9.21. The summed E-state index contributed by atoms with van der Waals surface area (Å²) in [6.07, 6.45) is 7.12. The van der Waals surface area contributed by atoms with Gasteiger partial charge in [-0.15, -0.1) is 0 Å². The molecule has 0 saturated heterocycles. The molecule has 0 aliphatic rings. The van der Waals surface area contributed by atoms with Crippen LogP contribution in [0.1, 0.15) is 0 Å². The van der Waals surface area contributed by atoms with Gasteiger partial charge in [0, 0.05) is 35.7 Å². The minimum absolute atomic E-state index is 0.00475. The fourth-order valence-corrected chi connectivity index (χ4v) is 3.72. The molecule has 9 nitrogen and oxygen atoms in total. The van der Waals surface area contributed by atoms with Crippen LogP contribution in [0.15, 0.2) is 66.1 Å². The number of hydrogen-bond donors (Lipinski definition) is 3. The lowest BCUT2D eigenvalue weighted by Gasteiger charge is -2.10. The van der Waals surface area contributed by atoms with E-state index in [2.05, 4.69) is 25.6 Å². The Morgan fingerprint density at radius 3 is 2.67 bits per heavy atom. The van der Waals surface area contributed by atoms with Gasteiger partial charge in [0.2, 0.25) is 5.95 Å². The first-order chi connectivity index (χ1) is 14.8. The normalized spacial score (nSPS) is 11.1. The molecule has 5 aromatic rings. The first-order valence-electron chi connectivity index (χ1n) is 9.29. The van der Waals surface area contributed by atoms with E-state index < -0.39 is 0 Å². The molecule has 0 unspecified atom stereocenters. The number of rotatable bonds is 7. The summed E-state index contributed by atoms with van der Waals surface area (Å²) in [6, 6.07) is 9.91. The summed E-state index contributed by atoms with van der Waals surface area (Å²) in [5, 5.41) is 19.6. The molecule has 0 saturated carbocycles. The van der Waals surface area contributed by atoms with Crippen LogP contribution in [0.2, 0.25) is 0 Å². The molecule has 30 heavy (non-hydrogen) atoms. The van der Waals surface area contributed by atoms with Gasteiger partial charge in [0.25, 0.3) is 0 Å². The second-order valence-electron chi connectivity index (χ2n) is 6.46. The number of aromatic nitrogens is 6. The maximum Gasteiger partial charge on any atom is 0.231 e. The molecule has 1 aromatic carbocycles. The molecule has 4 heterocycles. The van der Waals surface area contributed by atoms with E-state index in [-0.39, 0.29) is 6.61 Å². The zero-order valence-corrected chi connectivity index (χ0v) is 16.6. The second-order valence-corrected chi connectivity index (χ2v) is 7.24. The van der Waals surface area contributed by atoms with Gasteiger partial charge in [-0.05, 0) is 35.7 Å². The summed E-state index contributed by atoms with van der Waals surface area (Å²) in [5.41, 5.74) is 4.19.